The molecule has 1 amide bonds. The number of nitrogens with one attached hydrogen (secondary N) is 1. The van der Waals surface area contributed by atoms with Gasteiger partial charge in [-0.2, -0.15) is 13.2 Å². The highest BCUT2D eigenvalue weighted by atomic mass is 35.5. The number of carbonyl (C=O) groups is 1. The fourth-order valence-electron chi connectivity index (χ4n) is 2.64. The van der Waals surface area contributed by atoms with Gasteiger partial charge in [-0.1, -0.05) is 23.7 Å². The number of aliphatic hydroxyl groups is 1. The molecule has 0 atom stereocenters. The highest BCUT2D eigenvalue weighted by molar-refractivity contribution is 6.30. The minimum atomic E-state index is -4.33. The summed E-state index contributed by atoms with van der Waals surface area (Å²) in [5.41, 5.74) is -0.846. The van der Waals surface area contributed by atoms with E-state index in [-0.39, 0.29) is 30.9 Å². The lowest BCUT2D eigenvalue weighted by molar-refractivity contribution is -0.135. The Hall–Kier alpha value is -2.39. The first-order chi connectivity index (χ1) is 13.8. The van der Waals surface area contributed by atoms with Crippen molar-refractivity contribution in [3.63, 3.8) is 0 Å². The second kappa shape index (κ2) is 9.61. The van der Waals surface area contributed by atoms with E-state index in [0.717, 1.165) is 4.57 Å². The van der Waals surface area contributed by atoms with Gasteiger partial charge in [0.2, 0.25) is 5.91 Å². The first kappa shape index (κ1) is 23.9. The van der Waals surface area contributed by atoms with Crippen LogP contribution >= 0.6 is 11.6 Å². The first-order valence-corrected chi connectivity index (χ1v) is 9.64. The summed E-state index contributed by atoms with van der Waals surface area (Å²) in [7, 11) is 0. The number of nitrogens with zero attached hydrogens (tertiary/aromatic N) is 2. The standard InChI is InChI=1S/C20H23ClF3N3O3/c1-19(2,30)12-25-17(28)11-27-16(4-3-9-20(22,23)24)26-15(10-18(27)29)13-5-7-14(21)8-6-13/h5-8,10,30H,3-4,9,11-12H2,1-2H3,(H,25,28). The van der Waals surface area contributed by atoms with Crippen molar-refractivity contribution in [1.82, 2.24) is 14.9 Å². The molecule has 0 spiro atoms. The zero-order chi connectivity index (χ0) is 22.5. The van der Waals surface area contributed by atoms with Crippen molar-refractivity contribution in [2.24, 2.45) is 0 Å². The number of aryl methyl sites for hydroxylation is 1. The third-order valence-corrected chi connectivity index (χ3v) is 4.36. The molecule has 2 N–H and O–H groups in total. The number of alkyl halides is 3. The summed E-state index contributed by atoms with van der Waals surface area (Å²) in [6, 6.07) is 7.72. The lowest BCUT2D eigenvalue weighted by atomic mass is 10.1. The third-order valence-electron chi connectivity index (χ3n) is 4.11. The molecule has 6 nitrogen and oxygen atoms in total. The second-order valence-electron chi connectivity index (χ2n) is 7.55. The summed E-state index contributed by atoms with van der Waals surface area (Å²) in [5, 5.41) is 12.7. The quantitative estimate of drug-likeness (QED) is 0.652. The van der Waals surface area contributed by atoms with E-state index in [2.05, 4.69) is 10.3 Å². The monoisotopic (exact) mass is 445 g/mol. The largest absolute Gasteiger partial charge is 0.389 e. The van der Waals surface area contributed by atoms with Crippen LogP contribution in [-0.4, -0.2) is 38.9 Å². The van der Waals surface area contributed by atoms with Crippen molar-refractivity contribution in [3.8, 4) is 11.3 Å². The molecule has 1 heterocycles. The van der Waals surface area contributed by atoms with Crippen LogP contribution in [0.2, 0.25) is 5.02 Å². The predicted molar refractivity (Wildman–Crippen MR) is 107 cm³/mol. The molecule has 0 fully saturated rings. The van der Waals surface area contributed by atoms with Crippen LogP contribution in [-0.2, 0) is 17.8 Å². The average Bonchev–Trinajstić information content (AvgIpc) is 2.61. The Morgan fingerprint density at radius 3 is 2.43 bits per heavy atom. The molecule has 0 aliphatic heterocycles. The molecule has 0 radical (unpaired) electrons. The number of halogens is 4. The summed E-state index contributed by atoms with van der Waals surface area (Å²) in [5.74, 6) is -0.479. The van der Waals surface area contributed by atoms with Crippen LogP contribution in [0.5, 0.6) is 0 Å². The Kier molecular flexibility index (Phi) is 7.65. The van der Waals surface area contributed by atoms with Crippen LogP contribution in [0.15, 0.2) is 35.1 Å². The van der Waals surface area contributed by atoms with Crippen molar-refractivity contribution >= 4 is 17.5 Å². The molecule has 164 valence electrons. The Balaban J connectivity index is 2.32. The van der Waals surface area contributed by atoms with Gasteiger partial charge in [0.15, 0.2) is 0 Å². The maximum Gasteiger partial charge on any atom is 0.389 e. The average molecular weight is 446 g/mol. The highest BCUT2D eigenvalue weighted by Crippen LogP contribution is 2.23. The van der Waals surface area contributed by atoms with Crippen LogP contribution in [0.1, 0.15) is 32.5 Å². The molecule has 0 aliphatic carbocycles. The van der Waals surface area contributed by atoms with E-state index in [9.17, 15) is 27.9 Å². The number of rotatable bonds is 8. The second-order valence-corrected chi connectivity index (χ2v) is 7.98. The smallest absolute Gasteiger partial charge is 0.389 e. The SMILES string of the molecule is CC(C)(O)CNC(=O)Cn1c(CCCC(F)(F)F)nc(-c2ccc(Cl)cc2)cc1=O. The third kappa shape index (κ3) is 7.79. The molecular weight excluding hydrogens is 423 g/mol. The van der Waals surface area contributed by atoms with Crippen LogP contribution in [0, 0.1) is 0 Å². The molecule has 0 unspecified atom stereocenters. The molecule has 0 saturated heterocycles. The van der Waals surface area contributed by atoms with Gasteiger partial charge < -0.3 is 10.4 Å². The van der Waals surface area contributed by atoms with Gasteiger partial charge in [0.05, 0.1) is 11.3 Å². The summed E-state index contributed by atoms with van der Waals surface area (Å²) >= 11 is 5.86. The molecule has 0 saturated carbocycles. The van der Waals surface area contributed by atoms with Gasteiger partial charge in [-0.15, -0.1) is 0 Å². The van der Waals surface area contributed by atoms with Crippen molar-refractivity contribution in [1.29, 1.82) is 0 Å². The van der Waals surface area contributed by atoms with E-state index in [1.54, 1.807) is 24.3 Å². The molecule has 0 bridgehead atoms. The summed E-state index contributed by atoms with van der Waals surface area (Å²) in [4.78, 5) is 29.2. The number of aromatic nitrogens is 2. The van der Waals surface area contributed by atoms with Gasteiger partial charge >= 0.3 is 6.18 Å². The van der Waals surface area contributed by atoms with Gasteiger partial charge in [0.1, 0.15) is 12.4 Å². The highest BCUT2D eigenvalue weighted by Gasteiger charge is 2.26. The molecule has 2 rings (SSSR count). The van der Waals surface area contributed by atoms with Gasteiger partial charge in [0, 0.05) is 36.0 Å². The van der Waals surface area contributed by atoms with Gasteiger partial charge in [-0.25, -0.2) is 4.98 Å². The van der Waals surface area contributed by atoms with Crippen LogP contribution in [0.4, 0.5) is 13.2 Å². The summed E-state index contributed by atoms with van der Waals surface area (Å²) < 4.78 is 38.7. The molecule has 1 aromatic heterocycles. The van der Waals surface area contributed by atoms with E-state index in [0.29, 0.717) is 10.6 Å². The summed E-state index contributed by atoms with van der Waals surface area (Å²) in [6.07, 6.45) is -5.76. The zero-order valence-electron chi connectivity index (χ0n) is 16.6. The number of hydrogen-bond acceptors (Lipinski definition) is 4. The van der Waals surface area contributed by atoms with E-state index in [1.165, 1.54) is 19.9 Å². The predicted octanol–water partition coefficient (Wildman–Crippen LogP) is 3.34. The maximum absolute atomic E-state index is 12.6. The van der Waals surface area contributed by atoms with Crippen molar-refractivity contribution in [2.75, 3.05) is 6.54 Å². The van der Waals surface area contributed by atoms with Crippen LogP contribution in [0.25, 0.3) is 11.3 Å². The van der Waals surface area contributed by atoms with Gasteiger partial charge in [0.25, 0.3) is 5.56 Å². The Morgan fingerprint density at radius 2 is 1.87 bits per heavy atom. The lowest BCUT2D eigenvalue weighted by Gasteiger charge is -2.19. The van der Waals surface area contributed by atoms with Gasteiger partial charge in [-0.05, 0) is 32.4 Å². The Morgan fingerprint density at radius 1 is 1.23 bits per heavy atom. The lowest BCUT2D eigenvalue weighted by Crippen LogP contribution is -2.41. The molecule has 2 aromatic rings. The number of amides is 1. The van der Waals surface area contributed by atoms with Crippen LogP contribution < -0.4 is 10.9 Å². The normalized spacial score (nSPS) is 12.1. The van der Waals surface area contributed by atoms with Crippen molar-refractivity contribution in [3.05, 3.63) is 51.5 Å². The molecule has 30 heavy (non-hydrogen) atoms. The topological polar surface area (TPSA) is 84.2 Å². The first-order valence-electron chi connectivity index (χ1n) is 9.26. The fraction of sp³-hybridized carbons (Fsp3) is 0.450. The van der Waals surface area contributed by atoms with Crippen molar-refractivity contribution < 1.29 is 23.1 Å². The van der Waals surface area contributed by atoms with Gasteiger partial charge in [-0.3, -0.25) is 14.2 Å². The molecule has 10 heteroatoms. The number of benzene rings is 1. The Labute approximate surface area is 176 Å². The van der Waals surface area contributed by atoms with E-state index >= 15 is 0 Å². The van der Waals surface area contributed by atoms with Crippen molar-refractivity contribution in [2.45, 2.75) is 51.4 Å². The molecule has 0 aliphatic rings. The van der Waals surface area contributed by atoms with E-state index < -0.39 is 36.2 Å². The fourth-order valence-corrected chi connectivity index (χ4v) is 2.77. The van der Waals surface area contributed by atoms with E-state index in [4.69, 9.17) is 11.6 Å². The van der Waals surface area contributed by atoms with Crippen LogP contribution in [0.3, 0.4) is 0 Å². The number of carbonyl (C=O) groups excluding carboxylic acids is 1. The maximum atomic E-state index is 12.6. The minimum Gasteiger partial charge on any atom is -0.389 e. The molecular formula is C20H23ClF3N3O3. The Bertz CT molecular complexity index is 936. The van der Waals surface area contributed by atoms with E-state index in [1.807, 2.05) is 0 Å². The zero-order valence-corrected chi connectivity index (χ0v) is 17.3. The molecule has 1 aromatic carbocycles. The number of hydrogen-bond donors (Lipinski definition) is 2. The minimum absolute atomic E-state index is 0.0414. The summed E-state index contributed by atoms with van der Waals surface area (Å²) in [6.45, 7) is 2.55.